The highest BCUT2D eigenvalue weighted by atomic mass is 19.3. The molecule has 19 heavy (non-hydrogen) atoms. The van der Waals surface area contributed by atoms with Crippen LogP contribution in [-0.4, -0.2) is 25.3 Å². The molecule has 0 radical (unpaired) electrons. The molecule has 0 saturated heterocycles. The van der Waals surface area contributed by atoms with Crippen LogP contribution < -0.4 is 11.1 Å². The van der Waals surface area contributed by atoms with Crippen molar-refractivity contribution in [3.63, 3.8) is 0 Å². The fourth-order valence-electron chi connectivity index (χ4n) is 1.09. The minimum absolute atomic E-state index is 0.423. The monoisotopic (exact) mass is 284 g/mol. The highest BCUT2D eigenvalue weighted by Crippen LogP contribution is 2.23. The van der Waals surface area contributed by atoms with E-state index in [4.69, 9.17) is 5.73 Å². The molecule has 4 nitrogen and oxygen atoms in total. The fraction of sp³-hybridized carbons (Fsp3) is 0.300. The lowest BCUT2D eigenvalue weighted by Crippen LogP contribution is -2.25. The van der Waals surface area contributed by atoms with Crippen LogP contribution in [0.4, 0.5) is 33.3 Å². The molecule has 0 aliphatic heterocycles. The number of hydrogen-bond acceptors (Lipinski definition) is 3. The van der Waals surface area contributed by atoms with Gasteiger partial charge in [0.1, 0.15) is 18.1 Å². The van der Waals surface area contributed by atoms with Gasteiger partial charge in [-0.2, -0.15) is 0 Å². The number of anilines is 2. The molecule has 0 aliphatic rings. The Morgan fingerprint density at radius 2 is 1.95 bits per heavy atom. The maximum absolute atomic E-state index is 13.3. The van der Waals surface area contributed by atoms with Crippen LogP contribution in [0.1, 0.15) is 0 Å². The molecule has 0 saturated carbocycles. The molecule has 1 rings (SSSR count). The average Bonchev–Trinajstić information content (AvgIpc) is 2.36. The molecule has 106 valence electrons. The van der Waals surface area contributed by atoms with E-state index >= 15 is 0 Å². The van der Waals surface area contributed by atoms with E-state index in [-0.39, 0.29) is 0 Å². The number of carbonyl (C=O) groups excluding carboxylic acids is 1. The van der Waals surface area contributed by atoms with Gasteiger partial charge in [-0.05, 0) is 12.1 Å². The van der Waals surface area contributed by atoms with Crippen molar-refractivity contribution < 1.29 is 31.5 Å². The molecule has 1 unspecified atom stereocenters. The lowest BCUT2D eigenvalue weighted by molar-refractivity contribution is -0.145. The van der Waals surface area contributed by atoms with Crippen molar-refractivity contribution in [2.45, 2.75) is 12.8 Å². The van der Waals surface area contributed by atoms with Crippen molar-refractivity contribution in [1.82, 2.24) is 0 Å². The summed E-state index contributed by atoms with van der Waals surface area (Å²) >= 11 is 0. The van der Waals surface area contributed by atoms with Gasteiger partial charge in [-0.3, -0.25) is 4.79 Å². The molecule has 0 heterocycles. The topological polar surface area (TPSA) is 64.3 Å². The van der Waals surface area contributed by atoms with Crippen molar-refractivity contribution in [3.8, 4) is 0 Å². The second-order valence-electron chi connectivity index (χ2n) is 3.37. The minimum Gasteiger partial charge on any atom is -0.396 e. The van der Waals surface area contributed by atoms with Gasteiger partial charge in [0.2, 0.25) is 0 Å². The predicted octanol–water partition coefficient (Wildman–Crippen LogP) is 2.06. The lowest BCUT2D eigenvalue weighted by Gasteiger charge is -2.11. The number of nitrogen functional groups attached to an aromatic ring is 1. The van der Waals surface area contributed by atoms with Gasteiger partial charge in [0.15, 0.2) is 5.82 Å². The van der Waals surface area contributed by atoms with E-state index in [2.05, 4.69) is 4.74 Å². The number of hydrogen-bond donors (Lipinski definition) is 2. The van der Waals surface area contributed by atoms with Gasteiger partial charge < -0.3 is 15.8 Å². The lowest BCUT2D eigenvalue weighted by atomic mass is 10.2. The summed E-state index contributed by atoms with van der Waals surface area (Å²) in [6.07, 6.45) is -6.38. The molecule has 1 atom stereocenters. The smallest absolute Gasteiger partial charge is 0.293 e. The maximum atomic E-state index is 13.3. The molecule has 0 fully saturated rings. The number of benzene rings is 1. The van der Waals surface area contributed by atoms with Crippen LogP contribution >= 0.6 is 0 Å². The molecule has 1 amide bonds. The summed E-state index contributed by atoms with van der Waals surface area (Å²) in [4.78, 5) is 11.1. The van der Waals surface area contributed by atoms with Crippen LogP contribution in [0.25, 0.3) is 0 Å². The molecule has 0 bridgehead atoms. The highest BCUT2D eigenvalue weighted by Gasteiger charge is 2.21. The Hall–Kier alpha value is -1.90. The van der Waals surface area contributed by atoms with E-state index in [0.717, 1.165) is 12.1 Å². The normalized spacial score (nSPS) is 12.5. The first kappa shape index (κ1) is 15.2. The first-order chi connectivity index (χ1) is 8.82. The van der Waals surface area contributed by atoms with Crippen LogP contribution in [0.2, 0.25) is 0 Å². The number of halogens is 5. The zero-order chi connectivity index (χ0) is 14.6. The molecule has 3 N–H and O–H groups in total. The third-order valence-electron chi connectivity index (χ3n) is 1.96. The number of alkyl halides is 3. The van der Waals surface area contributed by atoms with Gasteiger partial charge in [0, 0.05) is 0 Å². The fourth-order valence-corrected chi connectivity index (χ4v) is 1.09. The van der Waals surface area contributed by atoms with Crippen molar-refractivity contribution in [1.29, 1.82) is 0 Å². The molecule has 1 aromatic carbocycles. The Morgan fingerprint density at radius 3 is 2.53 bits per heavy atom. The Kier molecular flexibility index (Phi) is 5.04. The summed E-state index contributed by atoms with van der Waals surface area (Å²) in [6.45, 7) is -1.13. The summed E-state index contributed by atoms with van der Waals surface area (Å²) in [5.41, 5.74) is 3.86. The van der Waals surface area contributed by atoms with Gasteiger partial charge >= 0.3 is 0 Å². The van der Waals surface area contributed by atoms with E-state index in [0.29, 0.717) is 0 Å². The molecule has 0 spiro atoms. The quantitative estimate of drug-likeness (QED) is 0.642. The Balaban J connectivity index is 2.65. The van der Waals surface area contributed by atoms with E-state index in [1.54, 1.807) is 5.32 Å². The van der Waals surface area contributed by atoms with E-state index in [1.807, 2.05) is 0 Å². The summed E-state index contributed by atoms with van der Waals surface area (Å²) in [7, 11) is 0. The molecule has 0 aliphatic carbocycles. The van der Waals surface area contributed by atoms with Gasteiger partial charge in [-0.1, -0.05) is 0 Å². The largest absolute Gasteiger partial charge is 0.396 e. The highest BCUT2D eigenvalue weighted by molar-refractivity contribution is 5.92. The molecular weight excluding hydrogens is 275 g/mol. The Morgan fingerprint density at radius 1 is 1.32 bits per heavy atom. The molecule has 0 aromatic heterocycles. The molecule has 1 aromatic rings. The van der Waals surface area contributed by atoms with Crippen molar-refractivity contribution in [2.24, 2.45) is 0 Å². The van der Waals surface area contributed by atoms with Gasteiger partial charge in [-0.15, -0.1) is 0 Å². The van der Waals surface area contributed by atoms with Crippen LogP contribution in [0.15, 0.2) is 12.1 Å². The Bertz CT molecular complexity index is 469. The average molecular weight is 284 g/mol. The SMILES string of the molecule is Nc1ccc(F)c(NC(=O)COC(F)C(F)F)c1F. The number of nitrogens with one attached hydrogen (secondary N) is 1. The summed E-state index contributed by atoms with van der Waals surface area (Å²) in [5.74, 6) is -3.54. The van der Waals surface area contributed by atoms with E-state index in [1.165, 1.54) is 0 Å². The van der Waals surface area contributed by atoms with E-state index < -0.39 is 48.3 Å². The number of ether oxygens (including phenoxy) is 1. The van der Waals surface area contributed by atoms with Crippen LogP contribution in [0.5, 0.6) is 0 Å². The summed E-state index contributed by atoms with van der Waals surface area (Å²) in [5, 5.41) is 1.71. The minimum atomic E-state index is -3.42. The molecular formula is C10H9F5N2O2. The molecule has 9 heteroatoms. The third-order valence-corrected chi connectivity index (χ3v) is 1.96. The van der Waals surface area contributed by atoms with Crippen molar-refractivity contribution in [3.05, 3.63) is 23.8 Å². The standard InChI is InChI=1S/C10H9F5N2O2/c11-4-1-2-5(16)7(12)8(4)17-6(18)3-19-10(15)9(13)14/h1-2,9-10H,3,16H2,(H,17,18). The zero-order valence-electron chi connectivity index (χ0n) is 9.30. The van der Waals surface area contributed by atoms with Gasteiger partial charge in [-0.25, -0.2) is 22.0 Å². The van der Waals surface area contributed by atoms with Gasteiger partial charge in [0.25, 0.3) is 18.7 Å². The Labute approximate surface area is 104 Å². The number of carbonyl (C=O) groups is 1. The maximum Gasteiger partial charge on any atom is 0.293 e. The second kappa shape index (κ2) is 6.32. The van der Waals surface area contributed by atoms with Crippen LogP contribution in [-0.2, 0) is 9.53 Å². The van der Waals surface area contributed by atoms with E-state index in [9.17, 15) is 26.7 Å². The number of nitrogens with two attached hydrogens (primary N) is 1. The third kappa shape index (κ3) is 4.05. The first-order valence-electron chi connectivity index (χ1n) is 4.90. The van der Waals surface area contributed by atoms with Crippen molar-refractivity contribution in [2.75, 3.05) is 17.7 Å². The summed E-state index contributed by atoms with van der Waals surface area (Å²) in [6, 6.07) is 1.73. The zero-order valence-corrected chi connectivity index (χ0v) is 9.30. The van der Waals surface area contributed by atoms with Gasteiger partial charge in [0.05, 0.1) is 5.69 Å². The number of rotatable bonds is 5. The second-order valence-corrected chi connectivity index (χ2v) is 3.37. The predicted molar refractivity (Wildman–Crippen MR) is 56.3 cm³/mol. The summed E-state index contributed by atoms with van der Waals surface area (Å²) < 4.78 is 66.1. The first-order valence-corrected chi connectivity index (χ1v) is 4.90. The van der Waals surface area contributed by atoms with Crippen LogP contribution in [0.3, 0.4) is 0 Å². The van der Waals surface area contributed by atoms with Crippen molar-refractivity contribution >= 4 is 17.3 Å². The van der Waals surface area contributed by atoms with Crippen LogP contribution in [0, 0.1) is 11.6 Å². The number of amides is 1.